The normalized spacial score (nSPS) is 35.3. The molecule has 0 amide bonds. The van der Waals surface area contributed by atoms with Gasteiger partial charge in [-0.2, -0.15) is 0 Å². The summed E-state index contributed by atoms with van der Waals surface area (Å²) in [4.78, 5) is 16.6. The lowest BCUT2D eigenvalue weighted by Gasteiger charge is -2.39. The van der Waals surface area contributed by atoms with Crippen molar-refractivity contribution in [3.05, 3.63) is 26.9 Å². The Morgan fingerprint density at radius 3 is 2.53 bits per heavy atom. The molecule has 1 aliphatic rings. The van der Waals surface area contributed by atoms with Crippen LogP contribution in [0.2, 0.25) is 0 Å². The highest BCUT2D eigenvalue weighted by atomic mass is 32.1. The Hall–Kier alpha value is -1.10. The highest BCUT2D eigenvalue weighted by molar-refractivity contribution is 7.71. The van der Waals surface area contributed by atoms with E-state index in [4.69, 9.17) is 22.1 Å². The van der Waals surface area contributed by atoms with Crippen LogP contribution in [0.15, 0.2) is 11.0 Å². The number of rotatable bonds is 2. The van der Waals surface area contributed by atoms with Gasteiger partial charge in [0.1, 0.15) is 30.5 Å². The summed E-state index contributed by atoms with van der Waals surface area (Å²) >= 11 is 4.73. The minimum absolute atomic E-state index is 0.0190. The minimum Gasteiger partial charge on any atom is -0.394 e. The molecule has 1 aromatic rings. The topological polar surface area (TPSA) is 139 Å². The van der Waals surface area contributed by atoms with Gasteiger partial charge in [0.15, 0.2) is 4.77 Å². The molecule has 0 aromatic carbocycles. The number of nitrogens with one attached hydrogen (secondary N) is 2. The number of ether oxygens (including phenoxy) is 1. The number of aliphatic hydroxyl groups excluding tert-OH is 4. The second-order valence-electron chi connectivity index (χ2n) is 4.28. The van der Waals surface area contributed by atoms with Gasteiger partial charge in [-0.05, 0) is 12.2 Å². The quantitative estimate of drug-likeness (QED) is 0.344. The molecule has 0 saturated carbocycles. The third kappa shape index (κ3) is 2.61. The molecule has 5 atom stereocenters. The zero-order chi connectivity index (χ0) is 14.2. The van der Waals surface area contributed by atoms with Gasteiger partial charge in [-0.3, -0.25) is 9.78 Å². The van der Waals surface area contributed by atoms with Gasteiger partial charge >= 0.3 is 0 Å². The molecule has 1 saturated heterocycles. The first-order valence-electron chi connectivity index (χ1n) is 5.58. The largest absolute Gasteiger partial charge is 0.394 e. The molecule has 2 heterocycles. The predicted octanol–water partition coefficient (Wildman–Crippen LogP) is -2.05. The summed E-state index contributed by atoms with van der Waals surface area (Å²) in [7, 11) is 0. The smallest absolute Gasteiger partial charge is 0.257 e. The highest BCUT2D eigenvalue weighted by Crippen LogP contribution is 2.30. The summed E-state index contributed by atoms with van der Waals surface area (Å²) < 4.78 is 5.36. The molecule has 0 spiro atoms. The van der Waals surface area contributed by atoms with Crippen LogP contribution in [-0.4, -0.2) is 61.4 Å². The fraction of sp³-hybridized carbons (Fsp3) is 0.600. The fourth-order valence-electron chi connectivity index (χ4n) is 1.99. The number of aliphatic hydroxyl groups is 4. The maximum Gasteiger partial charge on any atom is 0.257 e. The Labute approximate surface area is 112 Å². The first-order chi connectivity index (χ1) is 8.95. The molecule has 106 valence electrons. The van der Waals surface area contributed by atoms with Crippen molar-refractivity contribution >= 4 is 12.2 Å². The average Bonchev–Trinajstić information content (AvgIpc) is 2.38. The van der Waals surface area contributed by atoms with Gasteiger partial charge in [-0.15, -0.1) is 0 Å². The van der Waals surface area contributed by atoms with Crippen molar-refractivity contribution in [1.82, 2.24) is 9.97 Å². The number of aromatic amines is 2. The molecule has 6 N–H and O–H groups in total. The van der Waals surface area contributed by atoms with Crippen molar-refractivity contribution in [2.45, 2.75) is 30.5 Å². The lowest BCUT2D eigenvalue weighted by molar-refractivity contribution is -0.232. The average molecular weight is 290 g/mol. The number of hydrogen-bond donors (Lipinski definition) is 6. The third-order valence-corrected chi connectivity index (χ3v) is 3.27. The van der Waals surface area contributed by atoms with Gasteiger partial charge in [0.2, 0.25) is 0 Å². The van der Waals surface area contributed by atoms with Crippen LogP contribution in [0.25, 0.3) is 0 Å². The van der Waals surface area contributed by atoms with Crippen molar-refractivity contribution < 1.29 is 25.2 Å². The second-order valence-corrected chi connectivity index (χ2v) is 4.69. The van der Waals surface area contributed by atoms with E-state index in [1.165, 1.54) is 6.20 Å². The first kappa shape index (κ1) is 14.3. The van der Waals surface area contributed by atoms with Gasteiger partial charge in [0, 0.05) is 6.20 Å². The van der Waals surface area contributed by atoms with Gasteiger partial charge in [-0.1, -0.05) is 0 Å². The van der Waals surface area contributed by atoms with E-state index in [-0.39, 0.29) is 10.3 Å². The molecule has 9 heteroatoms. The lowest BCUT2D eigenvalue weighted by Crippen LogP contribution is -2.55. The fourth-order valence-corrected chi connectivity index (χ4v) is 2.14. The van der Waals surface area contributed by atoms with Gasteiger partial charge in [-0.25, -0.2) is 0 Å². The van der Waals surface area contributed by atoms with E-state index < -0.39 is 42.7 Å². The van der Waals surface area contributed by atoms with Crippen molar-refractivity contribution in [1.29, 1.82) is 0 Å². The monoisotopic (exact) mass is 290 g/mol. The van der Waals surface area contributed by atoms with Gasteiger partial charge in [0.05, 0.1) is 12.2 Å². The van der Waals surface area contributed by atoms with E-state index in [1.807, 2.05) is 0 Å². The molecule has 1 aliphatic heterocycles. The molecule has 1 unspecified atom stereocenters. The van der Waals surface area contributed by atoms with E-state index in [0.717, 1.165) is 0 Å². The standard InChI is InChI=1S/C10H14N2O6S/c13-2-4-5(14)6(15)7(16)8(18-4)3-1-11-10(19)12-9(3)17/h1,4-8,13-16H,2H2,(H2,11,12,17,19)/t4-,5-,6+,7+,8?/m1/s1. The summed E-state index contributed by atoms with van der Waals surface area (Å²) in [6, 6.07) is 0. The Bertz CT molecular complexity index is 555. The molecule has 0 bridgehead atoms. The van der Waals surface area contributed by atoms with Crippen LogP contribution in [0.3, 0.4) is 0 Å². The molecule has 1 aromatic heterocycles. The van der Waals surface area contributed by atoms with Crippen molar-refractivity contribution in [2.24, 2.45) is 0 Å². The van der Waals surface area contributed by atoms with Crippen molar-refractivity contribution in [3.8, 4) is 0 Å². The number of hydrogen-bond acceptors (Lipinski definition) is 7. The van der Waals surface area contributed by atoms with E-state index >= 15 is 0 Å². The highest BCUT2D eigenvalue weighted by Gasteiger charge is 2.44. The van der Waals surface area contributed by atoms with Crippen LogP contribution in [0.5, 0.6) is 0 Å². The van der Waals surface area contributed by atoms with Crippen molar-refractivity contribution in [2.75, 3.05) is 6.61 Å². The van der Waals surface area contributed by atoms with Crippen LogP contribution in [0.4, 0.5) is 0 Å². The number of H-pyrrole nitrogens is 2. The van der Waals surface area contributed by atoms with Crippen LogP contribution in [0.1, 0.15) is 11.7 Å². The Balaban J connectivity index is 2.38. The molecule has 19 heavy (non-hydrogen) atoms. The van der Waals surface area contributed by atoms with Crippen LogP contribution in [-0.2, 0) is 4.74 Å². The molecule has 0 radical (unpaired) electrons. The van der Waals surface area contributed by atoms with E-state index in [9.17, 15) is 20.1 Å². The maximum atomic E-state index is 11.7. The Morgan fingerprint density at radius 2 is 1.95 bits per heavy atom. The zero-order valence-corrected chi connectivity index (χ0v) is 10.5. The molecular weight excluding hydrogens is 276 g/mol. The summed E-state index contributed by atoms with van der Waals surface area (Å²) in [6.07, 6.45) is -5.47. The first-order valence-corrected chi connectivity index (χ1v) is 5.99. The SMILES string of the molecule is O=c1[nH]c(=S)[nH]cc1C1O[C@H](CO)[C@@H](O)[C@H](O)[C@@H]1O. The minimum atomic E-state index is -1.53. The van der Waals surface area contributed by atoms with E-state index in [0.29, 0.717) is 0 Å². The lowest BCUT2D eigenvalue weighted by atomic mass is 9.92. The summed E-state index contributed by atoms with van der Waals surface area (Å²) in [6.45, 7) is -0.553. The Kier molecular flexibility index (Phi) is 4.13. The van der Waals surface area contributed by atoms with Gasteiger partial charge in [0.25, 0.3) is 5.56 Å². The number of aromatic nitrogens is 2. The zero-order valence-electron chi connectivity index (χ0n) is 9.68. The molecular formula is C10H14N2O6S. The van der Waals surface area contributed by atoms with Crippen LogP contribution in [0, 0.1) is 4.77 Å². The van der Waals surface area contributed by atoms with Crippen molar-refractivity contribution in [3.63, 3.8) is 0 Å². The summed E-state index contributed by atoms with van der Waals surface area (Å²) in [5, 5.41) is 38.2. The molecule has 2 rings (SSSR count). The molecule has 1 fully saturated rings. The van der Waals surface area contributed by atoms with Crippen LogP contribution < -0.4 is 5.56 Å². The third-order valence-electron chi connectivity index (χ3n) is 3.05. The molecule has 8 nitrogen and oxygen atoms in total. The van der Waals surface area contributed by atoms with E-state index in [2.05, 4.69) is 9.97 Å². The van der Waals surface area contributed by atoms with Gasteiger partial charge < -0.3 is 30.1 Å². The summed E-state index contributed by atoms with van der Waals surface area (Å²) in [5.74, 6) is 0. The summed E-state index contributed by atoms with van der Waals surface area (Å²) in [5.41, 5.74) is -0.557. The van der Waals surface area contributed by atoms with E-state index in [1.54, 1.807) is 0 Å². The second kappa shape index (κ2) is 5.49. The van der Waals surface area contributed by atoms with Crippen LogP contribution >= 0.6 is 12.2 Å². The maximum absolute atomic E-state index is 11.7. The molecule has 0 aliphatic carbocycles. The predicted molar refractivity (Wildman–Crippen MR) is 65.0 cm³/mol. The Morgan fingerprint density at radius 1 is 1.26 bits per heavy atom.